The predicted molar refractivity (Wildman–Crippen MR) is 58.7 cm³/mol. The summed E-state index contributed by atoms with van der Waals surface area (Å²) in [6.07, 6.45) is 0. The topological polar surface area (TPSA) is 9.23 Å². The quantitative estimate of drug-likeness (QED) is 0.582. The van der Waals surface area contributed by atoms with Crippen LogP contribution in [0.15, 0.2) is 36.4 Å². The Hall–Kier alpha value is -1.44. The van der Waals surface area contributed by atoms with E-state index in [4.69, 9.17) is 4.74 Å². The van der Waals surface area contributed by atoms with E-state index in [1.807, 2.05) is 12.1 Å². The van der Waals surface area contributed by atoms with Crippen molar-refractivity contribution in [3.63, 3.8) is 0 Å². The minimum absolute atomic E-state index is 0.957. The summed E-state index contributed by atoms with van der Waals surface area (Å²) in [6, 6.07) is 12.4. The first-order valence-corrected chi connectivity index (χ1v) is 4.35. The SMILES string of the molecule is Bc1c(OC)ccc2ccccc12. The smallest absolute Gasteiger partial charge is 0.145 e. The Bertz CT molecular complexity index is 437. The molecule has 2 heteroatoms. The van der Waals surface area contributed by atoms with Crippen LogP contribution in [0.25, 0.3) is 10.8 Å². The van der Waals surface area contributed by atoms with Gasteiger partial charge in [-0.2, -0.15) is 0 Å². The molecule has 13 heavy (non-hydrogen) atoms. The predicted octanol–water partition coefficient (Wildman–Crippen LogP) is 1.11. The number of methoxy groups -OCH3 is 1. The average Bonchev–Trinajstić information content (AvgIpc) is 2.19. The molecule has 0 fully saturated rings. The summed E-state index contributed by atoms with van der Waals surface area (Å²) in [7, 11) is 3.79. The van der Waals surface area contributed by atoms with E-state index in [1.165, 1.54) is 16.2 Å². The van der Waals surface area contributed by atoms with Crippen LogP contribution in [0.3, 0.4) is 0 Å². The van der Waals surface area contributed by atoms with Crippen molar-refractivity contribution < 1.29 is 4.74 Å². The van der Waals surface area contributed by atoms with Crippen LogP contribution in [0.2, 0.25) is 0 Å². The van der Waals surface area contributed by atoms with Crippen LogP contribution < -0.4 is 10.2 Å². The van der Waals surface area contributed by atoms with Crippen LogP contribution in [0.4, 0.5) is 0 Å². The molecule has 2 rings (SSSR count). The van der Waals surface area contributed by atoms with E-state index in [0.29, 0.717) is 0 Å². The Balaban J connectivity index is 2.79. The van der Waals surface area contributed by atoms with E-state index >= 15 is 0 Å². The van der Waals surface area contributed by atoms with Crippen molar-refractivity contribution in [1.29, 1.82) is 0 Å². The van der Waals surface area contributed by atoms with Crippen molar-refractivity contribution >= 4 is 24.1 Å². The molecule has 0 saturated carbocycles. The number of hydrogen-bond donors (Lipinski definition) is 0. The maximum Gasteiger partial charge on any atom is 0.145 e. The second kappa shape index (κ2) is 3.13. The third-order valence-electron chi connectivity index (χ3n) is 2.37. The van der Waals surface area contributed by atoms with E-state index in [-0.39, 0.29) is 0 Å². The molecule has 0 heterocycles. The van der Waals surface area contributed by atoms with Crippen LogP contribution in [-0.2, 0) is 0 Å². The van der Waals surface area contributed by atoms with Gasteiger partial charge in [0.15, 0.2) is 0 Å². The van der Waals surface area contributed by atoms with E-state index in [1.54, 1.807) is 7.11 Å². The summed E-state index contributed by atoms with van der Waals surface area (Å²) in [4.78, 5) is 0. The number of ether oxygens (including phenoxy) is 1. The van der Waals surface area contributed by atoms with Gasteiger partial charge < -0.3 is 4.74 Å². The zero-order valence-corrected chi connectivity index (χ0v) is 7.87. The summed E-state index contributed by atoms with van der Waals surface area (Å²) >= 11 is 0. The number of hydrogen-bond acceptors (Lipinski definition) is 1. The number of benzene rings is 2. The molecule has 2 aromatic carbocycles. The summed E-state index contributed by atoms with van der Waals surface area (Å²) in [6.45, 7) is 0. The Morgan fingerprint density at radius 2 is 1.85 bits per heavy atom. The molecule has 0 aromatic heterocycles. The molecule has 0 amide bonds. The highest BCUT2D eigenvalue weighted by Gasteiger charge is 2.01. The molecule has 0 aliphatic heterocycles. The normalized spacial score (nSPS) is 10.2. The molecule has 0 aliphatic rings. The fraction of sp³-hybridized carbons (Fsp3) is 0.0909. The maximum absolute atomic E-state index is 5.25. The molecule has 0 saturated heterocycles. The van der Waals surface area contributed by atoms with E-state index < -0.39 is 0 Å². The van der Waals surface area contributed by atoms with E-state index in [9.17, 15) is 0 Å². The summed E-state index contributed by atoms with van der Waals surface area (Å²) in [5, 5.41) is 2.53. The van der Waals surface area contributed by atoms with Gasteiger partial charge in [0.25, 0.3) is 0 Å². The van der Waals surface area contributed by atoms with Crippen molar-refractivity contribution in [3.05, 3.63) is 36.4 Å². The van der Waals surface area contributed by atoms with Crippen LogP contribution in [0, 0.1) is 0 Å². The Kier molecular flexibility index (Phi) is 1.97. The van der Waals surface area contributed by atoms with Gasteiger partial charge >= 0.3 is 0 Å². The molecule has 64 valence electrons. The molecule has 0 unspecified atom stereocenters. The van der Waals surface area contributed by atoms with Crippen molar-refractivity contribution in [2.24, 2.45) is 0 Å². The second-order valence-electron chi connectivity index (χ2n) is 3.11. The minimum Gasteiger partial charge on any atom is -0.497 e. The van der Waals surface area contributed by atoms with Crippen molar-refractivity contribution in [3.8, 4) is 5.75 Å². The van der Waals surface area contributed by atoms with Crippen LogP contribution in [-0.4, -0.2) is 15.0 Å². The third kappa shape index (κ3) is 1.28. The molecule has 0 aliphatic carbocycles. The van der Waals surface area contributed by atoms with Crippen molar-refractivity contribution in [2.45, 2.75) is 0 Å². The largest absolute Gasteiger partial charge is 0.497 e. The molecule has 0 bridgehead atoms. The third-order valence-corrected chi connectivity index (χ3v) is 2.37. The van der Waals surface area contributed by atoms with Gasteiger partial charge in [-0.05, 0) is 22.3 Å². The van der Waals surface area contributed by atoms with Gasteiger partial charge in [0.2, 0.25) is 0 Å². The van der Waals surface area contributed by atoms with Gasteiger partial charge in [-0.1, -0.05) is 30.3 Å². The zero-order chi connectivity index (χ0) is 9.26. The van der Waals surface area contributed by atoms with Crippen LogP contribution in [0.5, 0.6) is 5.75 Å². The van der Waals surface area contributed by atoms with Crippen molar-refractivity contribution in [1.82, 2.24) is 0 Å². The molecule has 0 spiro atoms. The zero-order valence-electron chi connectivity index (χ0n) is 7.87. The first-order chi connectivity index (χ1) is 6.33. The minimum atomic E-state index is 0.957. The van der Waals surface area contributed by atoms with Crippen LogP contribution in [0.1, 0.15) is 0 Å². The van der Waals surface area contributed by atoms with Gasteiger partial charge in [-0.15, -0.1) is 0 Å². The number of rotatable bonds is 1. The summed E-state index contributed by atoms with van der Waals surface area (Å²) in [5.41, 5.74) is 1.21. The first-order valence-electron chi connectivity index (χ1n) is 4.35. The fourth-order valence-corrected chi connectivity index (χ4v) is 1.63. The van der Waals surface area contributed by atoms with Gasteiger partial charge in [0.1, 0.15) is 13.6 Å². The summed E-state index contributed by atoms with van der Waals surface area (Å²) in [5.74, 6) is 0.957. The highest BCUT2D eigenvalue weighted by molar-refractivity contribution is 6.40. The highest BCUT2D eigenvalue weighted by Crippen LogP contribution is 2.16. The lowest BCUT2D eigenvalue weighted by molar-refractivity contribution is 0.418. The fourth-order valence-electron chi connectivity index (χ4n) is 1.63. The number of fused-ring (bicyclic) bond motifs is 1. The second-order valence-corrected chi connectivity index (χ2v) is 3.11. The molecule has 0 radical (unpaired) electrons. The summed E-state index contributed by atoms with van der Waals surface area (Å²) < 4.78 is 5.25. The molecule has 1 nitrogen and oxygen atoms in total. The molecular formula is C11H11BO. The van der Waals surface area contributed by atoms with E-state index in [0.717, 1.165) is 5.75 Å². The van der Waals surface area contributed by atoms with Gasteiger partial charge in [0.05, 0.1) is 7.11 Å². The average molecular weight is 170 g/mol. The lowest BCUT2D eigenvalue weighted by Gasteiger charge is -2.07. The molecule has 2 aromatic rings. The molecule has 0 atom stereocenters. The lowest BCUT2D eigenvalue weighted by Crippen LogP contribution is -2.08. The van der Waals surface area contributed by atoms with Gasteiger partial charge in [-0.25, -0.2) is 0 Å². The van der Waals surface area contributed by atoms with Crippen molar-refractivity contribution in [2.75, 3.05) is 7.11 Å². The highest BCUT2D eigenvalue weighted by atomic mass is 16.5. The Morgan fingerprint density at radius 3 is 2.62 bits per heavy atom. The lowest BCUT2D eigenvalue weighted by atomic mass is 9.89. The van der Waals surface area contributed by atoms with Gasteiger partial charge in [0, 0.05) is 0 Å². The first kappa shape index (κ1) is 8.18. The molecule has 0 N–H and O–H groups in total. The maximum atomic E-state index is 5.25. The molecular weight excluding hydrogens is 159 g/mol. The van der Waals surface area contributed by atoms with Crippen LogP contribution >= 0.6 is 0 Å². The monoisotopic (exact) mass is 170 g/mol. The Labute approximate surface area is 78.7 Å². The Morgan fingerprint density at radius 1 is 1.08 bits per heavy atom. The standard InChI is InChI=1S/C11H11BO/c1-13-10-7-6-8-4-2-3-5-9(8)11(10)12/h2-7H,12H2,1H3. The van der Waals surface area contributed by atoms with E-state index in [2.05, 4.69) is 32.1 Å². The van der Waals surface area contributed by atoms with Gasteiger partial charge in [-0.3, -0.25) is 0 Å².